The number of rotatable bonds is 3. The van der Waals surface area contributed by atoms with E-state index in [1.807, 2.05) is 24.5 Å². The first kappa shape index (κ1) is 14.3. The standard InChI is InChI=1S/C12H15ClN2O.ClH/c13-12(16)9-10-3-7-15(8-4-10)11-1-5-14-6-2-11;/h1-2,5-6,10H,3-4,7-9H2;1H. The Morgan fingerprint density at radius 2 is 1.94 bits per heavy atom. The smallest absolute Gasteiger partial charge is 0.221 e. The Bertz CT molecular complexity index is 351. The Morgan fingerprint density at radius 1 is 1.35 bits per heavy atom. The molecule has 1 aromatic rings. The number of carbonyl (C=O) groups excluding carboxylic acids is 1. The zero-order chi connectivity index (χ0) is 11.4. The van der Waals surface area contributed by atoms with Crippen molar-refractivity contribution in [3.63, 3.8) is 0 Å². The molecule has 17 heavy (non-hydrogen) atoms. The van der Waals surface area contributed by atoms with Gasteiger partial charge in [-0.2, -0.15) is 0 Å². The summed E-state index contributed by atoms with van der Waals surface area (Å²) in [7, 11) is 0. The summed E-state index contributed by atoms with van der Waals surface area (Å²) in [5.41, 5.74) is 1.21. The maximum absolute atomic E-state index is 10.8. The number of pyridine rings is 1. The van der Waals surface area contributed by atoms with E-state index in [-0.39, 0.29) is 17.6 Å². The Morgan fingerprint density at radius 3 is 2.47 bits per heavy atom. The van der Waals surface area contributed by atoms with Crippen LogP contribution in [0.15, 0.2) is 24.5 Å². The van der Waals surface area contributed by atoms with Gasteiger partial charge in [0.05, 0.1) is 0 Å². The fourth-order valence-electron chi connectivity index (χ4n) is 2.18. The molecular formula is C12H16Cl2N2O. The van der Waals surface area contributed by atoms with Crippen LogP contribution in [0.1, 0.15) is 19.3 Å². The van der Waals surface area contributed by atoms with Crippen LogP contribution in [0, 0.1) is 5.92 Å². The van der Waals surface area contributed by atoms with Crippen LogP contribution >= 0.6 is 24.0 Å². The summed E-state index contributed by atoms with van der Waals surface area (Å²) < 4.78 is 0. The highest BCUT2D eigenvalue weighted by Crippen LogP contribution is 2.25. The fourth-order valence-corrected chi connectivity index (χ4v) is 2.40. The lowest BCUT2D eigenvalue weighted by Gasteiger charge is -2.33. The number of anilines is 1. The molecule has 0 bridgehead atoms. The van der Waals surface area contributed by atoms with Crippen molar-refractivity contribution in [3.8, 4) is 0 Å². The molecule has 0 atom stereocenters. The first-order chi connectivity index (χ1) is 7.75. The maximum Gasteiger partial charge on any atom is 0.221 e. The minimum Gasteiger partial charge on any atom is -0.371 e. The topological polar surface area (TPSA) is 33.2 Å². The average molecular weight is 275 g/mol. The van der Waals surface area contributed by atoms with E-state index in [9.17, 15) is 4.79 Å². The van der Waals surface area contributed by atoms with Crippen LogP contribution in [0.4, 0.5) is 5.69 Å². The quantitative estimate of drug-likeness (QED) is 0.795. The van der Waals surface area contributed by atoms with Gasteiger partial charge >= 0.3 is 0 Å². The van der Waals surface area contributed by atoms with Gasteiger partial charge in [0.1, 0.15) is 0 Å². The molecular weight excluding hydrogens is 259 g/mol. The van der Waals surface area contributed by atoms with E-state index in [0.29, 0.717) is 12.3 Å². The van der Waals surface area contributed by atoms with Crippen LogP contribution in [-0.2, 0) is 4.79 Å². The summed E-state index contributed by atoms with van der Waals surface area (Å²) in [6, 6.07) is 4.04. The summed E-state index contributed by atoms with van der Waals surface area (Å²) in [4.78, 5) is 17.1. The minimum absolute atomic E-state index is 0. The lowest BCUT2D eigenvalue weighted by Crippen LogP contribution is -2.34. The zero-order valence-electron chi connectivity index (χ0n) is 9.51. The third kappa shape index (κ3) is 4.17. The van der Waals surface area contributed by atoms with Gasteiger partial charge in [0.15, 0.2) is 0 Å². The molecule has 1 aliphatic heterocycles. The highest BCUT2D eigenvalue weighted by Gasteiger charge is 2.20. The van der Waals surface area contributed by atoms with E-state index in [1.54, 1.807) is 0 Å². The number of piperidine rings is 1. The molecule has 1 fully saturated rings. The number of nitrogens with zero attached hydrogens (tertiary/aromatic N) is 2. The van der Waals surface area contributed by atoms with Crippen LogP contribution < -0.4 is 4.90 Å². The van der Waals surface area contributed by atoms with Crippen molar-refractivity contribution in [1.29, 1.82) is 0 Å². The van der Waals surface area contributed by atoms with E-state index in [0.717, 1.165) is 25.9 Å². The van der Waals surface area contributed by atoms with Crippen LogP contribution in [0.3, 0.4) is 0 Å². The number of carbonyl (C=O) groups is 1. The molecule has 1 aliphatic rings. The van der Waals surface area contributed by atoms with Gasteiger partial charge in [-0.05, 0) is 42.5 Å². The highest BCUT2D eigenvalue weighted by molar-refractivity contribution is 6.63. The molecule has 0 amide bonds. The van der Waals surface area contributed by atoms with Crippen LogP contribution in [0.2, 0.25) is 0 Å². The van der Waals surface area contributed by atoms with E-state index >= 15 is 0 Å². The molecule has 3 nitrogen and oxygen atoms in total. The van der Waals surface area contributed by atoms with Crippen molar-refractivity contribution in [3.05, 3.63) is 24.5 Å². The fraction of sp³-hybridized carbons (Fsp3) is 0.500. The van der Waals surface area contributed by atoms with E-state index < -0.39 is 0 Å². The van der Waals surface area contributed by atoms with E-state index in [2.05, 4.69) is 9.88 Å². The van der Waals surface area contributed by atoms with Crippen molar-refractivity contribution < 1.29 is 4.79 Å². The Hall–Kier alpha value is -0.800. The van der Waals surface area contributed by atoms with Crippen LogP contribution in [0.25, 0.3) is 0 Å². The number of halogens is 2. The summed E-state index contributed by atoms with van der Waals surface area (Å²) in [5.74, 6) is 0.461. The minimum atomic E-state index is -0.206. The number of hydrogen-bond acceptors (Lipinski definition) is 3. The van der Waals surface area contributed by atoms with Gasteiger partial charge in [-0.1, -0.05) is 0 Å². The maximum atomic E-state index is 10.8. The van der Waals surface area contributed by atoms with Gasteiger partial charge in [0, 0.05) is 37.6 Å². The van der Waals surface area contributed by atoms with Crippen LogP contribution in [0.5, 0.6) is 0 Å². The largest absolute Gasteiger partial charge is 0.371 e. The molecule has 1 aromatic heterocycles. The van der Waals surface area contributed by atoms with Crippen molar-refractivity contribution in [2.24, 2.45) is 5.92 Å². The summed E-state index contributed by atoms with van der Waals surface area (Å²) >= 11 is 5.40. The van der Waals surface area contributed by atoms with Crippen molar-refractivity contribution in [1.82, 2.24) is 4.98 Å². The molecule has 0 aliphatic carbocycles. The number of hydrogen-bond donors (Lipinski definition) is 0. The molecule has 5 heteroatoms. The molecule has 0 N–H and O–H groups in total. The van der Waals surface area contributed by atoms with Gasteiger partial charge in [0.2, 0.25) is 5.24 Å². The molecule has 0 spiro atoms. The zero-order valence-corrected chi connectivity index (χ0v) is 11.1. The second-order valence-corrected chi connectivity index (χ2v) is 4.62. The molecule has 1 saturated heterocycles. The SMILES string of the molecule is Cl.O=C(Cl)CC1CCN(c2ccncc2)CC1. The van der Waals surface area contributed by atoms with Gasteiger partial charge < -0.3 is 4.90 Å². The molecule has 2 rings (SSSR count). The highest BCUT2D eigenvalue weighted by atomic mass is 35.5. The van der Waals surface area contributed by atoms with Crippen LogP contribution in [-0.4, -0.2) is 23.3 Å². The summed E-state index contributed by atoms with van der Waals surface area (Å²) in [6.45, 7) is 2.00. The normalized spacial score (nSPS) is 16.4. The molecule has 0 unspecified atom stereocenters. The third-order valence-corrected chi connectivity index (χ3v) is 3.25. The predicted molar refractivity (Wildman–Crippen MR) is 71.9 cm³/mol. The molecule has 0 radical (unpaired) electrons. The molecule has 94 valence electrons. The van der Waals surface area contributed by atoms with Crippen molar-refractivity contribution in [2.45, 2.75) is 19.3 Å². The Kier molecular flexibility index (Phi) is 5.72. The molecule has 0 aromatic carbocycles. The summed E-state index contributed by atoms with van der Waals surface area (Å²) in [6.07, 6.45) is 6.22. The van der Waals surface area contributed by atoms with Gasteiger partial charge in [-0.3, -0.25) is 9.78 Å². The summed E-state index contributed by atoms with van der Waals surface area (Å²) in [5, 5.41) is -0.206. The first-order valence-electron chi connectivity index (χ1n) is 5.59. The lowest BCUT2D eigenvalue weighted by atomic mass is 9.94. The van der Waals surface area contributed by atoms with Crippen molar-refractivity contribution in [2.75, 3.05) is 18.0 Å². The van der Waals surface area contributed by atoms with E-state index in [1.165, 1.54) is 5.69 Å². The van der Waals surface area contributed by atoms with Gasteiger partial charge in [-0.25, -0.2) is 0 Å². The lowest BCUT2D eigenvalue weighted by molar-refractivity contribution is -0.112. The number of aromatic nitrogens is 1. The Balaban J connectivity index is 0.00000144. The second-order valence-electron chi connectivity index (χ2n) is 4.20. The van der Waals surface area contributed by atoms with Gasteiger partial charge in [-0.15, -0.1) is 12.4 Å². The molecule has 2 heterocycles. The molecule has 0 saturated carbocycles. The van der Waals surface area contributed by atoms with Crippen molar-refractivity contribution >= 4 is 34.9 Å². The third-order valence-electron chi connectivity index (χ3n) is 3.09. The first-order valence-corrected chi connectivity index (χ1v) is 5.97. The average Bonchev–Trinajstić information content (AvgIpc) is 2.30. The Labute approximate surface area is 113 Å². The second kappa shape index (κ2) is 6.82. The monoisotopic (exact) mass is 274 g/mol. The van der Waals surface area contributed by atoms with Gasteiger partial charge in [0.25, 0.3) is 0 Å². The predicted octanol–water partition coefficient (Wildman–Crippen LogP) is 2.88. The van der Waals surface area contributed by atoms with E-state index in [4.69, 9.17) is 11.6 Å².